The summed E-state index contributed by atoms with van der Waals surface area (Å²) in [5.41, 5.74) is 2.47. The highest BCUT2D eigenvalue weighted by Crippen LogP contribution is 2.54. The molecule has 150 valence electrons. The van der Waals surface area contributed by atoms with Crippen LogP contribution in [0.1, 0.15) is 43.7 Å². The van der Waals surface area contributed by atoms with Gasteiger partial charge in [0.2, 0.25) is 11.8 Å². The van der Waals surface area contributed by atoms with Crippen LogP contribution in [0.15, 0.2) is 54.1 Å². The number of amides is 2. The summed E-state index contributed by atoms with van der Waals surface area (Å²) in [5.74, 6) is -0.560. The van der Waals surface area contributed by atoms with Crippen LogP contribution in [0.3, 0.4) is 0 Å². The molecule has 6 heteroatoms. The van der Waals surface area contributed by atoms with Crippen molar-refractivity contribution in [3.63, 3.8) is 0 Å². The van der Waals surface area contributed by atoms with E-state index in [9.17, 15) is 9.59 Å². The Labute approximate surface area is 180 Å². The number of benzene rings is 2. The molecular weight excluding hydrogens is 407 g/mol. The van der Waals surface area contributed by atoms with Crippen molar-refractivity contribution in [1.82, 2.24) is 5.32 Å². The van der Waals surface area contributed by atoms with E-state index in [0.29, 0.717) is 15.7 Å². The lowest BCUT2D eigenvalue weighted by Gasteiger charge is -2.47. The molecule has 1 spiro atoms. The Kier molecular flexibility index (Phi) is 5.18. The second-order valence-electron chi connectivity index (χ2n) is 7.54. The Morgan fingerprint density at radius 2 is 1.93 bits per heavy atom. The second kappa shape index (κ2) is 7.51. The van der Waals surface area contributed by atoms with Crippen LogP contribution in [0.4, 0.5) is 5.69 Å². The number of hydrogen-bond acceptors (Lipinski definition) is 2. The Balaban J connectivity index is 2.02. The Morgan fingerprint density at radius 3 is 2.62 bits per heavy atom. The molecule has 0 aliphatic carbocycles. The van der Waals surface area contributed by atoms with Gasteiger partial charge in [-0.3, -0.25) is 9.59 Å². The van der Waals surface area contributed by atoms with Gasteiger partial charge in [-0.25, -0.2) is 0 Å². The number of piperidine rings is 1. The molecule has 2 aromatic carbocycles. The lowest BCUT2D eigenvalue weighted by molar-refractivity contribution is -0.130. The van der Waals surface area contributed by atoms with Crippen LogP contribution in [0.2, 0.25) is 10.0 Å². The molecule has 2 heterocycles. The molecule has 0 aromatic heterocycles. The minimum Gasteiger partial charge on any atom is -0.348 e. The zero-order chi connectivity index (χ0) is 20.8. The maximum absolute atomic E-state index is 13.7. The van der Waals surface area contributed by atoms with Crippen molar-refractivity contribution in [1.29, 1.82) is 0 Å². The lowest BCUT2D eigenvalue weighted by atomic mass is 9.59. The van der Waals surface area contributed by atoms with Crippen molar-refractivity contribution in [3.05, 3.63) is 75.3 Å². The molecule has 2 amide bonds. The molecule has 4 nitrogen and oxygen atoms in total. The largest absolute Gasteiger partial charge is 0.348 e. The highest BCUT2D eigenvalue weighted by atomic mass is 35.5. The fourth-order valence-corrected chi connectivity index (χ4v) is 5.28. The van der Waals surface area contributed by atoms with Crippen molar-refractivity contribution in [2.75, 3.05) is 5.32 Å². The monoisotopic (exact) mass is 428 g/mol. The first-order chi connectivity index (χ1) is 13.9. The molecule has 2 aromatic rings. The summed E-state index contributed by atoms with van der Waals surface area (Å²) in [6, 6.07) is 12.5. The molecule has 29 heavy (non-hydrogen) atoms. The van der Waals surface area contributed by atoms with Crippen LogP contribution >= 0.6 is 23.2 Å². The summed E-state index contributed by atoms with van der Waals surface area (Å²) in [6.07, 6.45) is 2.92. The molecule has 0 saturated carbocycles. The molecule has 1 unspecified atom stereocenters. The summed E-state index contributed by atoms with van der Waals surface area (Å²) >= 11 is 12.5. The van der Waals surface area contributed by atoms with E-state index in [2.05, 4.69) is 10.6 Å². The van der Waals surface area contributed by atoms with E-state index in [0.717, 1.165) is 23.1 Å². The first-order valence-corrected chi connectivity index (χ1v) is 10.5. The average molecular weight is 429 g/mol. The minimum atomic E-state index is -0.976. The molecular formula is C23H22Cl2N2O2. The number of rotatable bonds is 3. The van der Waals surface area contributed by atoms with E-state index in [1.165, 1.54) is 0 Å². The Bertz CT molecular complexity index is 1030. The topological polar surface area (TPSA) is 58.2 Å². The first-order valence-electron chi connectivity index (χ1n) is 9.73. The highest BCUT2D eigenvalue weighted by molar-refractivity contribution is 6.31. The summed E-state index contributed by atoms with van der Waals surface area (Å²) in [7, 11) is 0. The Morgan fingerprint density at radius 1 is 1.17 bits per heavy atom. The van der Waals surface area contributed by atoms with E-state index < -0.39 is 11.5 Å². The van der Waals surface area contributed by atoms with Gasteiger partial charge in [0.25, 0.3) is 0 Å². The zero-order valence-corrected chi connectivity index (χ0v) is 17.8. The van der Waals surface area contributed by atoms with E-state index in [4.69, 9.17) is 23.2 Å². The smallest absolute Gasteiger partial charge is 0.238 e. The summed E-state index contributed by atoms with van der Waals surface area (Å²) < 4.78 is 0. The van der Waals surface area contributed by atoms with Crippen LogP contribution in [0.25, 0.3) is 0 Å². The number of nitrogens with one attached hydrogen (secondary N) is 2. The first kappa shape index (κ1) is 20.0. The predicted octanol–water partition coefficient (Wildman–Crippen LogP) is 5.21. The summed E-state index contributed by atoms with van der Waals surface area (Å²) in [5, 5.41) is 7.28. The summed E-state index contributed by atoms with van der Waals surface area (Å²) in [4.78, 5) is 26.4. The lowest BCUT2D eigenvalue weighted by Crippen LogP contribution is -2.62. The maximum Gasteiger partial charge on any atom is 0.238 e. The van der Waals surface area contributed by atoms with Crippen molar-refractivity contribution in [3.8, 4) is 0 Å². The van der Waals surface area contributed by atoms with Gasteiger partial charge >= 0.3 is 0 Å². The molecule has 0 bridgehead atoms. The van der Waals surface area contributed by atoms with Gasteiger partial charge in [0.1, 0.15) is 5.41 Å². The standard InChI is InChI=1S/C23H22Cl2N2O2/c1-3-13(4-2)21-23(17-9-8-16(25)11-19(17)26-22(23)29)18(12-20(28)27-21)14-6-5-7-15(24)10-14/h3,5-11,18,21H,4,12H2,1-2H3,(H,26,29)(H,27,28)/b13-3+/t18-,21?,23-/m0/s1. The number of anilines is 1. The Hall–Kier alpha value is -2.30. The molecule has 3 atom stereocenters. The zero-order valence-electron chi connectivity index (χ0n) is 16.3. The molecule has 1 fully saturated rings. The van der Waals surface area contributed by atoms with Crippen molar-refractivity contribution in [2.24, 2.45) is 0 Å². The van der Waals surface area contributed by atoms with E-state index >= 15 is 0 Å². The summed E-state index contributed by atoms with van der Waals surface area (Å²) in [6.45, 7) is 3.98. The number of allylic oxidation sites excluding steroid dienone is 1. The third kappa shape index (κ3) is 3.06. The maximum atomic E-state index is 13.7. The normalized spacial score (nSPS) is 26.3. The molecule has 2 aliphatic heterocycles. The second-order valence-corrected chi connectivity index (χ2v) is 8.42. The molecule has 0 radical (unpaired) electrons. The van der Waals surface area contributed by atoms with Gasteiger partial charge in [0, 0.05) is 28.1 Å². The third-order valence-corrected chi connectivity index (χ3v) is 6.62. The number of hydrogen-bond donors (Lipinski definition) is 2. The number of fused-ring (bicyclic) bond motifs is 2. The number of carbonyl (C=O) groups excluding carboxylic acids is 2. The fourth-order valence-electron chi connectivity index (χ4n) is 4.91. The van der Waals surface area contributed by atoms with E-state index in [1.807, 2.05) is 44.2 Å². The van der Waals surface area contributed by atoms with E-state index in [-0.39, 0.29) is 24.2 Å². The predicted molar refractivity (Wildman–Crippen MR) is 117 cm³/mol. The van der Waals surface area contributed by atoms with Gasteiger partial charge in [-0.05, 0) is 48.7 Å². The molecule has 2 aliphatic rings. The van der Waals surface area contributed by atoms with Crippen LogP contribution in [0.5, 0.6) is 0 Å². The van der Waals surface area contributed by atoms with Gasteiger partial charge in [0.05, 0.1) is 6.04 Å². The van der Waals surface area contributed by atoms with Gasteiger partial charge < -0.3 is 10.6 Å². The molecule has 4 rings (SSSR count). The number of carbonyl (C=O) groups is 2. The minimum absolute atomic E-state index is 0.0754. The van der Waals surface area contributed by atoms with Crippen molar-refractivity contribution in [2.45, 2.75) is 44.1 Å². The number of halogens is 2. The van der Waals surface area contributed by atoms with Gasteiger partial charge in [-0.2, -0.15) is 0 Å². The van der Waals surface area contributed by atoms with Crippen molar-refractivity contribution < 1.29 is 9.59 Å². The average Bonchev–Trinajstić information content (AvgIpc) is 2.96. The van der Waals surface area contributed by atoms with E-state index in [1.54, 1.807) is 18.2 Å². The van der Waals surface area contributed by atoms with Crippen LogP contribution < -0.4 is 10.6 Å². The van der Waals surface area contributed by atoms with Gasteiger partial charge in [0.15, 0.2) is 0 Å². The van der Waals surface area contributed by atoms with Crippen LogP contribution in [0, 0.1) is 0 Å². The third-order valence-electron chi connectivity index (χ3n) is 6.15. The van der Waals surface area contributed by atoms with Crippen LogP contribution in [-0.4, -0.2) is 17.9 Å². The molecule has 1 saturated heterocycles. The van der Waals surface area contributed by atoms with Gasteiger partial charge in [-0.1, -0.05) is 60.0 Å². The van der Waals surface area contributed by atoms with Crippen molar-refractivity contribution >= 4 is 40.7 Å². The van der Waals surface area contributed by atoms with Gasteiger partial charge in [-0.15, -0.1) is 0 Å². The quantitative estimate of drug-likeness (QED) is 0.658. The highest BCUT2D eigenvalue weighted by Gasteiger charge is 2.61. The fraction of sp³-hybridized carbons (Fsp3) is 0.304. The molecule has 2 N–H and O–H groups in total. The van der Waals surface area contributed by atoms with Crippen LogP contribution in [-0.2, 0) is 15.0 Å². The SMILES string of the molecule is C/C=C(\CC)C1NC(=O)C[C@@H](c2cccc(Cl)c2)[C@]12C(=O)Nc1cc(Cl)ccc12.